The first-order chi connectivity index (χ1) is 10.00. The quantitative estimate of drug-likeness (QED) is 0.814. The highest BCUT2D eigenvalue weighted by molar-refractivity contribution is 5.90. The van der Waals surface area contributed by atoms with Gasteiger partial charge in [0.1, 0.15) is 6.04 Å². The summed E-state index contributed by atoms with van der Waals surface area (Å²) >= 11 is 0. The number of carboxylic acid groups (broad SMARTS) is 1. The average Bonchev–Trinajstić information content (AvgIpc) is 2.96. The number of likely N-dealkylation sites (N-methyl/N-ethyl adjacent to an activating group) is 1. The summed E-state index contributed by atoms with van der Waals surface area (Å²) < 4.78 is 0. The zero-order valence-electron chi connectivity index (χ0n) is 12.6. The summed E-state index contributed by atoms with van der Waals surface area (Å²) in [6.45, 7) is 0.548. The van der Waals surface area contributed by atoms with Crippen molar-refractivity contribution in [2.24, 2.45) is 5.41 Å². The number of aliphatic carboxylic acids is 1. The van der Waals surface area contributed by atoms with Crippen LogP contribution in [-0.2, 0) is 14.4 Å². The molecule has 1 saturated carbocycles. The largest absolute Gasteiger partial charge is 0.481 e. The van der Waals surface area contributed by atoms with Crippen LogP contribution in [0.4, 0.5) is 0 Å². The first-order valence-electron chi connectivity index (χ1n) is 7.75. The van der Waals surface area contributed by atoms with Crippen LogP contribution in [0.25, 0.3) is 0 Å². The number of amides is 2. The summed E-state index contributed by atoms with van der Waals surface area (Å²) in [6, 6.07) is -0.441. The third kappa shape index (κ3) is 3.19. The number of hydrogen-bond acceptors (Lipinski definition) is 3. The van der Waals surface area contributed by atoms with E-state index in [-0.39, 0.29) is 18.2 Å². The van der Waals surface area contributed by atoms with Crippen molar-refractivity contribution in [2.75, 3.05) is 13.6 Å². The molecule has 1 heterocycles. The van der Waals surface area contributed by atoms with Crippen molar-refractivity contribution in [3.63, 3.8) is 0 Å². The molecular formula is C15H24N2O4. The number of hydrogen-bond donors (Lipinski definition) is 2. The van der Waals surface area contributed by atoms with Crippen LogP contribution in [0.5, 0.6) is 0 Å². The Bertz CT molecular complexity index is 429. The number of nitrogens with zero attached hydrogens (tertiary/aromatic N) is 1. The maximum Gasteiger partial charge on any atom is 0.310 e. The van der Waals surface area contributed by atoms with Crippen LogP contribution in [0.15, 0.2) is 0 Å². The minimum atomic E-state index is -0.915. The van der Waals surface area contributed by atoms with E-state index in [1.54, 1.807) is 11.9 Å². The third-order valence-electron chi connectivity index (χ3n) is 4.88. The van der Waals surface area contributed by atoms with Crippen LogP contribution in [0, 0.1) is 5.41 Å². The van der Waals surface area contributed by atoms with Gasteiger partial charge in [0, 0.05) is 20.0 Å². The molecule has 0 aromatic heterocycles. The second-order valence-electron chi connectivity index (χ2n) is 6.18. The highest BCUT2D eigenvalue weighted by Crippen LogP contribution is 2.42. The molecule has 0 spiro atoms. The number of carboxylic acids is 1. The molecule has 6 nitrogen and oxygen atoms in total. The number of piperidine rings is 1. The van der Waals surface area contributed by atoms with E-state index in [0.717, 1.165) is 25.7 Å². The predicted molar refractivity (Wildman–Crippen MR) is 76.6 cm³/mol. The van der Waals surface area contributed by atoms with E-state index in [1.165, 1.54) is 0 Å². The lowest BCUT2D eigenvalue weighted by atomic mass is 9.82. The van der Waals surface area contributed by atoms with Crippen LogP contribution < -0.4 is 5.32 Å². The van der Waals surface area contributed by atoms with E-state index >= 15 is 0 Å². The number of likely N-dealkylation sites (tertiary alicyclic amines) is 1. The number of carbonyl (C=O) groups excluding carboxylic acids is 2. The molecule has 1 unspecified atom stereocenters. The second-order valence-corrected chi connectivity index (χ2v) is 6.18. The van der Waals surface area contributed by atoms with Gasteiger partial charge in [-0.25, -0.2) is 0 Å². The van der Waals surface area contributed by atoms with Gasteiger partial charge in [-0.05, 0) is 32.1 Å². The molecule has 1 aliphatic heterocycles. The first-order valence-corrected chi connectivity index (χ1v) is 7.75. The molecule has 21 heavy (non-hydrogen) atoms. The Labute approximate surface area is 124 Å². The van der Waals surface area contributed by atoms with Crippen LogP contribution >= 0.6 is 0 Å². The summed E-state index contributed by atoms with van der Waals surface area (Å²) in [4.78, 5) is 37.6. The molecule has 2 N–H and O–H groups in total. The van der Waals surface area contributed by atoms with Crippen LogP contribution in [0.3, 0.4) is 0 Å². The van der Waals surface area contributed by atoms with Crippen molar-refractivity contribution in [3.05, 3.63) is 0 Å². The molecule has 2 rings (SSSR count). The Morgan fingerprint density at radius 3 is 2.43 bits per heavy atom. The summed E-state index contributed by atoms with van der Waals surface area (Å²) in [5, 5.41) is 12.1. The molecule has 6 heteroatoms. The maximum atomic E-state index is 12.6. The first kappa shape index (κ1) is 15.8. The van der Waals surface area contributed by atoms with Crippen molar-refractivity contribution < 1.29 is 19.5 Å². The zero-order chi connectivity index (χ0) is 15.5. The molecule has 118 valence electrons. The fourth-order valence-electron chi connectivity index (χ4n) is 3.58. The van der Waals surface area contributed by atoms with Gasteiger partial charge in [0.25, 0.3) is 0 Å². The van der Waals surface area contributed by atoms with Gasteiger partial charge in [-0.1, -0.05) is 12.8 Å². The van der Waals surface area contributed by atoms with Crippen LogP contribution in [0.2, 0.25) is 0 Å². The van der Waals surface area contributed by atoms with E-state index in [0.29, 0.717) is 25.8 Å². The molecule has 0 radical (unpaired) electrons. The number of carbonyl (C=O) groups is 3. The third-order valence-corrected chi connectivity index (χ3v) is 4.88. The zero-order valence-corrected chi connectivity index (χ0v) is 12.6. The molecule has 2 aliphatic rings. The fraction of sp³-hybridized carbons (Fsp3) is 0.800. The minimum Gasteiger partial charge on any atom is -0.481 e. The van der Waals surface area contributed by atoms with E-state index in [1.807, 2.05) is 0 Å². The van der Waals surface area contributed by atoms with Crippen molar-refractivity contribution in [3.8, 4) is 0 Å². The second kappa shape index (κ2) is 6.45. The number of nitrogens with one attached hydrogen (secondary N) is 1. The Balaban J connectivity index is 2.10. The summed E-state index contributed by atoms with van der Waals surface area (Å²) in [6.07, 6.45) is 5.32. The van der Waals surface area contributed by atoms with Gasteiger partial charge >= 0.3 is 5.97 Å². The van der Waals surface area contributed by atoms with E-state index in [4.69, 9.17) is 0 Å². The molecule has 0 aromatic carbocycles. The van der Waals surface area contributed by atoms with Crippen LogP contribution in [-0.4, -0.2) is 47.4 Å². The smallest absolute Gasteiger partial charge is 0.310 e. The lowest BCUT2D eigenvalue weighted by Crippen LogP contribution is -2.52. The SMILES string of the molecule is CNC(=O)C1CCCCN1C(=O)CC1(C(=O)O)CCCC1. The summed E-state index contributed by atoms with van der Waals surface area (Å²) in [7, 11) is 1.56. The molecule has 2 amide bonds. The molecular weight excluding hydrogens is 272 g/mol. The van der Waals surface area contributed by atoms with Crippen LogP contribution in [0.1, 0.15) is 51.4 Å². The Morgan fingerprint density at radius 1 is 1.19 bits per heavy atom. The van der Waals surface area contributed by atoms with Crippen molar-refractivity contribution >= 4 is 17.8 Å². The van der Waals surface area contributed by atoms with Gasteiger partial charge in [0.05, 0.1) is 5.41 Å². The average molecular weight is 296 g/mol. The van der Waals surface area contributed by atoms with Crippen molar-refractivity contribution in [1.29, 1.82) is 0 Å². The van der Waals surface area contributed by atoms with E-state index in [9.17, 15) is 19.5 Å². The lowest BCUT2D eigenvalue weighted by molar-refractivity contribution is -0.155. The minimum absolute atomic E-state index is 0.0236. The standard InChI is InChI=1S/C15H24N2O4/c1-16-13(19)11-6-2-5-9-17(11)12(18)10-15(14(20)21)7-3-4-8-15/h11H,2-10H2,1H3,(H,16,19)(H,20,21). The lowest BCUT2D eigenvalue weighted by Gasteiger charge is -2.36. The summed E-state index contributed by atoms with van der Waals surface area (Å²) in [5.41, 5.74) is -0.915. The van der Waals surface area contributed by atoms with Gasteiger partial charge in [0.2, 0.25) is 11.8 Å². The molecule has 0 bridgehead atoms. The summed E-state index contributed by atoms with van der Waals surface area (Å²) in [5.74, 6) is -1.21. The van der Waals surface area contributed by atoms with E-state index < -0.39 is 17.4 Å². The van der Waals surface area contributed by atoms with Crippen molar-refractivity contribution in [1.82, 2.24) is 10.2 Å². The Hall–Kier alpha value is -1.59. The van der Waals surface area contributed by atoms with Gasteiger partial charge in [-0.3, -0.25) is 14.4 Å². The van der Waals surface area contributed by atoms with Gasteiger partial charge in [0.15, 0.2) is 0 Å². The van der Waals surface area contributed by atoms with Crippen molar-refractivity contribution in [2.45, 2.75) is 57.4 Å². The molecule has 1 saturated heterocycles. The highest BCUT2D eigenvalue weighted by Gasteiger charge is 2.45. The molecule has 0 aromatic rings. The normalized spacial score (nSPS) is 24.6. The fourth-order valence-corrected chi connectivity index (χ4v) is 3.58. The van der Waals surface area contributed by atoms with E-state index in [2.05, 4.69) is 5.32 Å². The highest BCUT2D eigenvalue weighted by atomic mass is 16.4. The Kier molecular flexibility index (Phi) is 4.85. The van der Waals surface area contributed by atoms with Gasteiger partial charge in [-0.2, -0.15) is 0 Å². The Morgan fingerprint density at radius 2 is 1.86 bits per heavy atom. The maximum absolute atomic E-state index is 12.6. The van der Waals surface area contributed by atoms with Gasteiger partial charge < -0.3 is 15.3 Å². The monoisotopic (exact) mass is 296 g/mol. The molecule has 1 atom stereocenters. The number of rotatable bonds is 4. The predicted octanol–water partition coefficient (Wildman–Crippen LogP) is 1.15. The topological polar surface area (TPSA) is 86.7 Å². The molecule has 1 aliphatic carbocycles. The molecule has 2 fully saturated rings. The van der Waals surface area contributed by atoms with Gasteiger partial charge in [-0.15, -0.1) is 0 Å².